The summed E-state index contributed by atoms with van der Waals surface area (Å²) in [5.41, 5.74) is 1.22. The molecule has 1 saturated carbocycles. The highest BCUT2D eigenvalue weighted by atomic mass is 32.2. The van der Waals surface area contributed by atoms with Gasteiger partial charge in [0.05, 0.1) is 11.9 Å². The summed E-state index contributed by atoms with van der Waals surface area (Å²) in [4.78, 5) is 10.6. The van der Waals surface area contributed by atoms with Crippen LogP contribution in [-0.2, 0) is 19.6 Å². The zero-order valence-electron chi connectivity index (χ0n) is 22.8. The molecule has 2 aromatic carbocycles. The van der Waals surface area contributed by atoms with Gasteiger partial charge in [0.15, 0.2) is 6.61 Å². The Bertz CT molecular complexity index is 1160. The molecular weight excluding hydrogens is 540 g/mol. The predicted molar refractivity (Wildman–Crippen MR) is 151 cm³/mol. The van der Waals surface area contributed by atoms with Crippen molar-refractivity contribution in [3.63, 3.8) is 0 Å². The van der Waals surface area contributed by atoms with Gasteiger partial charge in [0.2, 0.25) is 10.0 Å². The molecule has 1 atom stereocenters. The normalized spacial score (nSPS) is 19.6. The zero-order chi connectivity index (χ0) is 29.0. The first-order valence-corrected chi connectivity index (χ1v) is 15.4. The number of phenols is 1. The number of anilines is 1. The van der Waals surface area contributed by atoms with Gasteiger partial charge in [0, 0.05) is 31.9 Å². The summed E-state index contributed by atoms with van der Waals surface area (Å²) in [5, 5.41) is 32.1. The number of sulfonamides is 1. The molecule has 11 nitrogen and oxygen atoms in total. The highest BCUT2D eigenvalue weighted by molar-refractivity contribution is 7.92. The molecule has 2 aromatic rings. The van der Waals surface area contributed by atoms with Crippen LogP contribution in [0.15, 0.2) is 42.5 Å². The number of hydrogen-bond acceptors (Lipinski definition) is 9. The van der Waals surface area contributed by atoms with Crippen LogP contribution in [0, 0.1) is 0 Å². The molecule has 0 bridgehead atoms. The maximum Gasteiger partial charge on any atom is 0.341 e. The predicted octanol–water partition coefficient (Wildman–Crippen LogP) is 3.08. The van der Waals surface area contributed by atoms with Crippen LogP contribution in [0.5, 0.6) is 17.2 Å². The molecule has 4 rings (SSSR count). The van der Waals surface area contributed by atoms with E-state index >= 15 is 0 Å². The number of nitrogens with one attached hydrogen (secondary N) is 2. The minimum Gasteiger partial charge on any atom is -0.506 e. The maximum atomic E-state index is 11.4. The first-order chi connectivity index (χ1) is 19.1. The van der Waals surface area contributed by atoms with Crippen LogP contribution in [0.3, 0.4) is 0 Å². The molecule has 1 heterocycles. The van der Waals surface area contributed by atoms with Crippen LogP contribution in [0.25, 0.3) is 0 Å². The van der Waals surface area contributed by atoms with E-state index in [0.29, 0.717) is 30.0 Å². The standard InChI is InChI=1S/C24H32N2O8S.C4H8O/c1-35(31,32)26-22-12-21(10-11-23(22)28)33-14-19(27)13-25-18-6-2-16(3-7-18)17-4-8-20(9-5-17)34-15-24(29)30;1-2-4-5-3-1/h4-5,8-12,16,18-19,25-28H,2-3,6-7,13-15H2,1H3,(H,29,30);1-4H2/t16?,18?,19-;/m0./s1. The lowest BCUT2D eigenvalue weighted by Crippen LogP contribution is -2.39. The molecule has 1 saturated heterocycles. The Morgan fingerprint density at radius 1 is 1.02 bits per heavy atom. The second-order valence-electron chi connectivity index (χ2n) is 10.0. The van der Waals surface area contributed by atoms with E-state index in [2.05, 4.69) is 10.0 Å². The number of aliphatic hydroxyl groups is 1. The summed E-state index contributed by atoms with van der Waals surface area (Å²) in [6, 6.07) is 12.0. The number of ether oxygens (including phenoxy) is 3. The summed E-state index contributed by atoms with van der Waals surface area (Å²) < 4.78 is 40.7. The van der Waals surface area contributed by atoms with Crippen molar-refractivity contribution in [2.45, 2.75) is 56.6 Å². The van der Waals surface area contributed by atoms with Crippen molar-refractivity contribution in [3.8, 4) is 17.2 Å². The SMILES string of the molecule is C1CCOC1.CS(=O)(=O)Nc1cc(OC[C@@H](O)CNC2CCC(c3ccc(OCC(=O)O)cc3)CC2)ccc1O. The molecule has 1 aliphatic carbocycles. The number of rotatable bonds is 12. The Labute approximate surface area is 235 Å². The van der Waals surface area contributed by atoms with Crippen LogP contribution in [0.2, 0.25) is 0 Å². The van der Waals surface area contributed by atoms with E-state index in [-0.39, 0.29) is 24.7 Å². The average molecular weight is 581 g/mol. The Morgan fingerprint density at radius 2 is 1.68 bits per heavy atom. The van der Waals surface area contributed by atoms with Crippen molar-refractivity contribution < 1.29 is 42.7 Å². The molecular formula is C28H40N2O9S. The van der Waals surface area contributed by atoms with Gasteiger partial charge in [-0.25, -0.2) is 13.2 Å². The molecule has 2 fully saturated rings. The largest absolute Gasteiger partial charge is 0.506 e. The van der Waals surface area contributed by atoms with Crippen molar-refractivity contribution in [2.24, 2.45) is 0 Å². The van der Waals surface area contributed by atoms with Crippen molar-refractivity contribution in [1.82, 2.24) is 5.32 Å². The van der Waals surface area contributed by atoms with Crippen LogP contribution in [0.4, 0.5) is 5.69 Å². The number of carboxylic acids is 1. The molecule has 12 heteroatoms. The first kappa shape index (κ1) is 31.5. The second-order valence-corrected chi connectivity index (χ2v) is 11.8. The van der Waals surface area contributed by atoms with E-state index < -0.39 is 22.1 Å². The first-order valence-electron chi connectivity index (χ1n) is 13.5. The third-order valence-electron chi connectivity index (χ3n) is 6.62. The molecule has 2 aliphatic rings. The Hall–Kier alpha value is -3.06. The van der Waals surface area contributed by atoms with Crippen LogP contribution >= 0.6 is 0 Å². The third-order valence-corrected chi connectivity index (χ3v) is 7.21. The molecule has 0 unspecified atom stereocenters. The molecule has 0 radical (unpaired) electrons. The number of phenolic OH excluding ortho intramolecular Hbond substituents is 1. The quantitative estimate of drug-likeness (QED) is 0.236. The number of aliphatic hydroxyl groups excluding tert-OH is 1. The van der Waals surface area contributed by atoms with Crippen molar-refractivity contribution in [1.29, 1.82) is 0 Å². The van der Waals surface area contributed by atoms with Gasteiger partial charge < -0.3 is 34.8 Å². The van der Waals surface area contributed by atoms with Gasteiger partial charge in [0.1, 0.15) is 30.0 Å². The van der Waals surface area contributed by atoms with Gasteiger partial charge in [-0.15, -0.1) is 0 Å². The van der Waals surface area contributed by atoms with Gasteiger partial charge in [-0.1, -0.05) is 12.1 Å². The fourth-order valence-electron chi connectivity index (χ4n) is 4.56. The van der Waals surface area contributed by atoms with E-state index in [9.17, 15) is 23.4 Å². The molecule has 0 aromatic heterocycles. The number of hydrogen-bond donors (Lipinski definition) is 5. The smallest absolute Gasteiger partial charge is 0.341 e. The van der Waals surface area contributed by atoms with Crippen LogP contribution in [0.1, 0.15) is 50.0 Å². The Morgan fingerprint density at radius 3 is 2.25 bits per heavy atom. The summed E-state index contributed by atoms with van der Waals surface area (Å²) in [6.45, 7) is 2.02. The third kappa shape index (κ3) is 11.6. The van der Waals surface area contributed by atoms with E-state index in [1.807, 2.05) is 12.1 Å². The van der Waals surface area contributed by atoms with Crippen LogP contribution < -0.4 is 19.5 Å². The molecule has 1 aliphatic heterocycles. The number of aromatic hydroxyl groups is 1. The molecule has 5 N–H and O–H groups in total. The van der Waals surface area contributed by atoms with E-state index in [0.717, 1.165) is 45.2 Å². The van der Waals surface area contributed by atoms with Gasteiger partial charge in [-0.3, -0.25) is 4.72 Å². The highest BCUT2D eigenvalue weighted by Crippen LogP contribution is 2.33. The van der Waals surface area contributed by atoms with Gasteiger partial charge in [-0.2, -0.15) is 0 Å². The zero-order valence-corrected chi connectivity index (χ0v) is 23.6. The fraction of sp³-hybridized carbons (Fsp3) is 0.536. The maximum absolute atomic E-state index is 11.4. The van der Waals surface area contributed by atoms with Gasteiger partial charge >= 0.3 is 5.97 Å². The molecule has 222 valence electrons. The topological polar surface area (TPSA) is 164 Å². The molecule has 0 spiro atoms. The summed E-state index contributed by atoms with van der Waals surface area (Å²) in [5.74, 6) is 0.0703. The number of aliphatic carboxylic acids is 1. The highest BCUT2D eigenvalue weighted by Gasteiger charge is 2.23. The monoisotopic (exact) mass is 580 g/mol. The lowest BCUT2D eigenvalue weighted by atomic mass is 9.81. The van der Waals surface area contributed by atoms with Crippen molar-refractivity contribution >= 4 is 21.7 Å². The lowest BCUT2D eigenvalue weighted by molar-refractivity contribution is -0.139. The number of carboxylic acid groups (broad SMARTS) is 1. The van der Waals surface area contributed by atoms with E-state index in [1.54, 1.807) is 12.1 Å². The number of benzene rings is 2. The van der Waals surface area contributed by atoms with E-state index in [1.165, 1.54) is 36.6 Å². The van der Waals surface area contributed by atoms with Crippen molar-refractivity contribution in [3.05, 3.63) is 48.0 Å². The second kappa shape index (κ2) is 15.7. The minimum absolute atomic E-state index is 0.0109. The minimum atomic E-state index is -3.55. The lowest BCUT2D eigenvalue weighted by Gasteiger charge is -2.30. The number of carbonyl (C=O) groups is 1. The van der Waals surface area contributed by atoms with Gasteiger partial charge in [0.25, 0.3) is 0 Å². The van der Waals surface area contributed by atoms with E-state index in [4.69, 9.17) is 19.3 Å². The summed E-state index contributed by atoms with van der Waals surface area (Å²) >= 11 is 0. The Balaban J connectivity index is 0.000000792. The summed E-state index contributed by atoms with van der Waals surface area (Å²) in [7, 11) is -3.55. The molecule has 40 heavy (non-hydrogen) atoms. The Kier molecular flexibility index (Phi) is 12.3. The summed E-state index contributed by atoms with van der Waals surface area (Å²) in [6.07, 6.45) is 6.72. The van der Waals surface area contributed by atoms with Crippen LogP contribution in [-0.4, -0.2) is 81.1 Å². The van der Waals surface area contributed by atoms with Crippen molar-refractivity contribution in [2.75, 3.05) is 44.0 Å². The van der Waals surface area contributed by atoms with Gasteiger partial charge in [-0.05, 0) is 74.3 Å². The molecule has 0 amide bonds. The average Bonchev–Trinajstić information content (AvgIpc) is 3.52. The fourth-order valence-corrected chi connectivity index (χ4v) is 5.13.